The molecule has 5 nitrogen and oxygen atoms in total. The number of benzene rings is 2. The van der Waals surface area contributed by atoms with Crippen molar-refractivity contribution in [2.75, 3.05) is 7.05 Å². The summed E-state index contributed by atoms with van der Waals surface area (Å²) >= 11 is 0. The smallest absolute Gasteiger partial charge is 0.338 e. The number of hydrogen-bond donors (Lipinski definition) is 1. The fraction of sp³-hybridized carbons (Fsp3) is 0.304. The number of hydrogen-bond acceptors (Lipinski definition) is 5. The topological polar surface area (TPSA) is 64.6 Å². The summed E-state index contributed by atoms with van der Waals surface area (Å²) in [5, 5.41) is 2.97. The average Bonchev–Trinajstić information content (AvgIpc) is 3.36. The Hall–Kier alpha value is -3.08. The van der Waals surface area contributed by atoms with Crippen LogP contribution in [0.5, 0.6) is 0 Å². The van der Waals surface area contributed by atoms with Crippen LogP contribution in [0.2, 0.25) is 0 Å². The Balaban J connectivity index is 1.60. The van der Waals surface area contributed by atoms with Gasteiger partial charge >= 0.3 is 5.97 Å². The Morgan fingerprint density at radius 3 is 2.54 bits per heavy atom. The van der Waals surface area contributed by atoms with Gasteiger partial charge in [0.05, 0.1) is 11.1 Å². The predicted octanol–water partition coefficient (Wildman–Crippen LogP) is 4.01. The molecule has 1 unspecified atom stereocenters. The Kier molecular flexibility index (Phi) is 5.15. The summed E-state index contributed by atoms with van der Waals surface area (Å²) in [6.07, 6.45) is 3.36. The number of Topliss-reactive ketones (excluding diaryl/α,β-unsaturated/α-hetero) is 1. The summed E-state index contributed by atoms with van der Waals surface area (Å²) in [6, 6.07) is 16.4. The average molecular weight is 377 g/mol. The normalized spacial score (nSPS) is 19.6. The van der Waals surface area contributed by atoms with Crippen molar-refractivity contribution in [1.82, 2.24) is 5.32 Å². The summed E-state index contributed by atoms with van der Waals surface area (Å²) < 4.78 is 11.5. The van der Waals surface area contributed by atoms with Crippen molar-refractivity contribution < 1.29 is 19.1 Å². The fourth-order valence-electron chi connectivity index (χ4n) is 3.81. The van der Waals surface area contributed by atoms with Gasteiger partial charge in [0.25, 0.3) is 0 Å². The standard InChI is InChI=1S/C23H23NO4/c1-24-22-19(20(25)21(28-22)15-8-3-2-4-9-15)16-10-7-11-17(14-16)23(26)27-18-12-5-6-13-18/h2-4,7-11,14,18,21,24H,5-6,12-13H2,1H3. The van der Waals surface area contributed by atoms with E-state index in [1.54, 1.807) is 25.2 Å². The minimum absolute atomic E-state index is 0.00199. The molecule has 1 fully saturated rings. The lowest BCUT2D eigenvalue weighted by molar-refractivity contribution is -0.120. The lowest BCUT2D eigenvalue weighted by Gasteiger charge is -2.12. The molecule has 0 spiro atoms. The number of rotatable bonds is 5. The van der Waals surface area contributed by atoms with Gasteiger partial charge in [-0.3, -0.25) is 4.79 Å². The largest absolute Gasteiger partial charge is 0.462 e. The highest BCUT2D eigenvalue weighted by molar-refractivity contribution is 6.25. The molecule has 0 saturated heterocycles. The molecule has 1 aliphatic carbocycles. The highest BCUT2D eigenvalue weighted by atomic mass is 16.5. The van der Waals surface area contributed by atoms with Gasteiger partial charge in [-0.15, -0.1) is 0 Å². The number of carbonyl (C=O) groups excluding carboxylic acids is 2. The van der Waals surface area contributed by atoms with Gasteiger partial charge in [0.1, 0.15) is 6.10 Å². The summed E-state index contributed by atoms with van der Waals surface area (Å²) in [5.41, 5.74) is 2.34. The van der Waals surface area contributed by atoms with E-state index in [1.165, 1.54) is 0 Å². The zero-order valence-corrected chi connectivity index (χ0v) is 15.8. The van der Waals surface area contributed by atoms with Crippen molar-refractivity contribution in [3.63, 3.8) is 0 Å². The highest BCUT2D eigenvalue weighted by Gasteiger charge is 2.37. The molecule has 4 rings (SSSR count). The summed E-state index contributed by atoms with van der Waals surface area (Å²) in [7, 11) is 1.72. The number of carbonyl (C=O) groups is 2. The van der Waals surface area contributed by atoms with E-state index >= 15 is 0 Å². The summed E-state index contributed by atoms with van der Waals surface area (Å²) in [4.78, 5) is 25.6. The van der Waals surface area contributed by atoms with Gasteiger partial charge < -0.3 is 14.8 Å². The Morgan fingerprint density at radius 2 is 1.82 bits per heavy atom. The predicted molar refractivity (Wildman–Crippen MR) is 105 cm³/mol. The van der Waals surface area contributed by atoms with E-state index < -0.39 is 6.10 Å². The first-order valence-corrected chi connectivity index (χ1v) is 9.66. The molecular weight excluding hydrogens is 354 g/mol. The van der Waals surface area contributed by atoms with Crippen LogP contribution in [0.15, 0.2) is 60.5 Å². The third kappa shape index (κ3) is 3.52. The zero-order chi connectivity index (χ0) is 19.5. The van der Waals surface area contributed by atoms with E-state index in [1.807, 2.05) is 36.4 Å². The number of nitrogens with one attached hydrogen (secondary N) is 1. The zero-order valence-electron chi connectivity index (χ0n) is 15.8. The summed E-state index contributed by atoms with van der Waals surface area (Å²) in [6.45, 7) is 0. The van der Waals surface area contributed by atoms with E-state index in [0.29, 0.717) is 22.6 Å². The van der Waals surface area contributed by atoms with Gasteiger partial charge in [-0.25, -0.2) is 4.79 Å². The van der Waals surface area contributed by atoms with Crippen LogP contribution in [0.4, 0.5) is 0 Å². The highest BCUT2D eigenvalue weighted by Crippen LogP contribution is 2.37. The third-order valence-electron chi connectivity index (χ3n) is 5.24. The molecule has 144 valence electrons. The maximum atomic E-state index is 13.1. The van der Waals surface area contributed by atoms with Crippen molar-refractivity contribution in [1.29, 1.82) is 0 Å². The first kappa shape index (κ1) is 18.3. The number of esters is 1. The second-order valence-corrected chi connectivity index (χ2v) is 7.12. The molecule has 28 heavy (non-hydrogen) atoms. The maximum absolute atomic E-state index is 13.1. The van der Waals surface area contributed by atoms with Gasteiger partial charge in [0.15, 0.2) is 12.0 Å². The Morgan fingerprint density at radius 1 is 1.07 bits per heavy atom. The van der Waals surface area contributed by atoms with E-state index in [9.17, 15) is 9.59 Å². The molecule has 1 saturated carbocycles. The van der Waals surface area contributed by atoms with Crippen LogP contribution in [0.1, 0.15) is 53.3 Å². The van der Waals surface area contributed by atoms with Crippen molar-refractivity contribution in [3.05, 3.63) is 77.2 Å². The molecule has 0 amide bonds. The van der Waals surface area contributed by atoms with E-state index in [-0.39, 0.29) is 17.9 Å². The lowest BCUT2D eigenvalue weighted by atomic mass is 9.96. The molecular formula is C23H23NO4. The Bertz CT molecular complexity index is 913. The van der Waals surface area contributed by atoms with Crippen LogP contribution in [0, 0.1) is 0 Å². The minimum atomic E-state index is -0.687. The molecule has 0 radical (unpaired) electrons. The summed E-state index contributed by atoms with van der Waals surface area (Å²) in [5.74, 6) is -0.0524. The number of ether oxygens (including phenoxy) is 2. The van der Waals surface area contributed by atoms with Crippen LogP contribution in [-0.2, 0) is 14.3 Å². The van der Waals surface area contributed by atoms with E-state index in [2.05, 4.69) is 5.32 Å². The van der Waals surface area contributed by atoms with Gasteiger partial charge in [0, 0.05) is 12.6 Å². The van der Waals surface area contributed by atoms with E-state index in [4.69, 9.17) is 9.47 Å². The minimum Gasteiger partial charge on any atom is -0.462 e. The van der Waals surface area contributed by atoms with Crippen molar-refractivity contribution in [2.24, 2.45) is 0 Å². The fourth-order valence-corrected chi connectivity index (χ4v) is 3.81. The lowest BCUT2D eigenvalue weighted by Crippen LogP contribution is -2.15. The first-order chi connectivity index (χ1) is 13.7. The van der Waals surface area contributed by atoms with Crippen LogP contribution in [0.3, 0.4) is 0 Å². The molecule has 1 aliphatic heterocycles. The molecule has 0 aromatic heterocycles. The second-order valence-electron chi connectivity index (χ2n) is 7.12. The van der Waals surface area contributed by atoms with Gasteiger partial charge in [-0.05, 0) is 43.4 Å². The number of ketones is 1. The molecule has 1 heterocycles. The molecule has 2 aromatic carbocycles. The van der Waals surface area contributed by atoms with Crippen LogP contribution in [0.25, 0.3) is 5.57 Å². The SMILES string of the molecule is CNC1=C(c2cccc(C(=O)OC3CCCC3)c2)C(=O)C(c2ccccc2)O1. The van der Waals surface area contributed by atoms with E-state index in [0.717, 1.165) is 31.2 Å². The molecule has 5 heteroatoms. The first-order valence-electron chi connectivity index (χ1n) is 9.66. The van der Waals surface area contributed by atoms with Gasteiger partial charge in [-0.2, -0.15) is 0 Å². The van der Waals surface area contributed by atoms with Crippen molar-refractivity contribution >= 4 is 17.3 Å². The Labute approximate surface area is 164 Å². The second kappa shape index (κ2) is 7.89. The maximum Gasteiger partial charge on any atom is 0.338 e. The van der Waals surface area contributed by atoms with Gasteiger partial charge in [0.2, 0.25) is 5.78 Å². The van der Waals surface area contributed by atoms with Crippen molar-refractivity contribution in [2.45, 2.75) is 37.9 Å². The quantitative estimate of drug-likeness (QED) is 0.798. The third-order valence-corrected chi connectivity index (χ3v) is 5.24. The molecule has 0 bridgehead atoms. The van der Waals surface area contributed by atoms with Crippen LogP contribution < -0.4 is 5.32 Å². The van der Waals surface area contributed by atoms with Crippen molar-refractivity contribution in [3.8, 4) is 0 Å². The van der Waals surface area contributed by atoms with Gasteiger partial charge in [-0.1, -0.05) is 42.5 Å². The molecule has 1 N–H and O–H groups in total. The van der Waals surface area contributed by atoms with Crippen LogP contribution >= 0.6 is 0 Å². The molecule has 2 aromatic rings. The molecule has 2 aliphatic rings. The monoisotopic (exact) mass is 377 g/mol. The van der Waals surface area contributed by atoms with Crippen LogP contribution in [-0.4, -0.2) is 24.9 Å². The molecule has 1 atom stereocenters.